The standard InChI is InChI=1S/C21H34N4O3/c1-22-21(23-13-12-20(26)24-17-8-6-5-7-9-17)25(2)15-16-10-11-18(27-3)14-19(16)28-4/h10-11,14,17H,5-9,12-13,15H2,1-4H3,(H,22,23)(H,24,26). The van der Waals surface area contributed by atoms with E-state index >= 15 is 0 Å². The van der Waals surface area contributed by atoms with Gasteiger partial charge in [0.15, 0.2) is 5.96 Å². The topological polar surface area (TPSA) is 75.2 Å². The van der Waals surface area contributed by atoms with Gasteiger partial charge in [-0.2, -0.15) is 0 Å². The van der Waals surface area contributed by atoms with Crippen molar-refractivity contribution in [1.82, 2.24) is 15.5 Å². The molecule has 7 nitrogen and oxygen atoms in total. The van der Waals surface area contributed by atoms with Crippen LogP contribution in [0.25, 0.3) is 0 Å². The summed E-state index contributed by atoms with van der Waals surface area (Å²) in [6.07, 6.45) is 6.37. The van der Waals surface area contributed by atoms with E-state index in [1.165, 1.54) is 19.3 Å². The van der Waals surface area contributed by atoms with Gasteiger partial charge in [-0.05, 0) is 25.0 Å². The molecule has 1 aromatic rings. The summed E-state index contributed by atoms with van der Waals surface area (Å²) in [5.41, 5.74) is 1.03. The Morgan fingerprint density at radius 2 is 1.96 bits per heavy atom. The van der Waals surface area contributed by atoms with Crippen LogP contribution in [-0.4, -0.2) is 57.7 Å². The van der Waals surface area contributed by atoms with Crippen molar-refractivity contribution < 1.29 is 14.3 Å². The van der Waals surface area contributed by atoms with E-state index in [-0.39, 0.29) is 5.91 Å². The number of nitrogens with zero attached hydrogens (tertiary/aromatic N) is 2. The van der Waals surface area contributed by atoms with Gasteiger partial charge in [-0.1, -0.05) is 19.3 Å². The Morgan fingerprint density at radius 1 is 1.21 bits per heavy atom. The second-order valence-electron chi connectivity index (χ2n) is 7.16. The lowest BCUT2D eigenvalue weighted by Crippen LogP contribution is -2.41. The molecule has 0 aromatic heterocycles. The van der Waals surface area contributed by atoms with Crippen LogP contribution in [0.5, 0.6) is 11.5 Å². The number of amides is 1. The van der Waals surface area contributed by atoms with Gasteiger partial charge in [0.05, 0.1) is 14.2 Å². The fraction of sp³-hybridized carbons (Fsp3) is 0.619. The van der Waals surface area contributed by atoms with E-state index in [0.717, 1.165) is 35.9 Å². The van der Waals surface area contributed by atoms with Crippen molar-refractivity contribution in [1.29, 1.82) is 0 Å². The van der Waals surface area contributed by atoms with Crippen LogP contribution in [0, 0.1) is 0 Å². The molecule has 1 amide bonds. The van der Waals surface area contributed by atoms with Crippen molar-refractivity contribution in [3.63, 3.8) is 0 Å². The van der Waals surface area contributed by atoms with Crippen LogP contribution < -0.4 is 20.1 Å². The van der Waals surface area contributed by atoms with Crippen LogP contribution in [0.15, 0.2) is 23.2 Å². The third-order valence-electron chi connectivity index (χ3n) is 5.08. The zero-order chi connectivity index (χ0) is 20.4. The summed E-state index contributed by atoms with van der Waals surface area (Å²) >= 11 is 0. The number of ether oxygens (including phenoxy) is 2. The molecule has 0 aliphatic heterocycles. The molecule has 1 fully saturated rings. The zero-order valence-electron chi connectivity index (χ0n) is 17.6. The minimum absolute atomic E-state index is 0.106. The molecule has 1 saturated carbocycles. The Kier molecular flexibility index (Phi) is 8.91. The molecule has 1 aliphatic carbocycles. The molecule has 2 rings (SSSR count). The number of nitrogens with one attached hydrogen (secondary N) is 2. The Morgan fingerprint density at radius 3 is 2.61 bits per heavy atom. The monoisotopic (exact) mass is 390 g/mol. The summed E-state index contributed by atoms with van der Waals surface area (Å²) in [5.74, 6) is 2.38. The van der Waals surface area contributed by atoms with Gasteiger partial charge in [-0.15, -0.1) is 0 Å². The van der Waals surface area contributed by atoms with E-state index in [1.54, 1.807) is 21.3 Å². The maximum Gasteiger partial charge on any atom is 0.221 e. The molecule has 0 saturated heterocycles. The van der Waals surface area contributed by atoms with E-state index < -0.39 is 0 Å². The van der Waals surface area contributed by atoms with Gasteiger partial charge in [0.1, 0.15) is 11.5 Å². The van der Waals surface area contributed by atoms with Gasteiger partial charge in [-0.3, -0.25) is 9.79 Å². The molecule has 0 bridgehead atoms. The first-order valence-electron chi connectivity index (χ1n) is 9.99. The van der Waals surface area contributed by atoms with Crippen LogP contribution >= 0.6 is 0 Å². The number of carbonyl (C=O) groups excluding carboxylic acids is 1. The quantitative estimate of drug-likeness (QED) is 0.527. The minimum atomic E-state index is 0.106. The van der Waals surface area contributed by atoms with Crippen LogP contribution in [-0.2, 0) is 11.3 Å². The second-order valence-corrected chi connectivity index (χ2v) is 7.16. The summed E-state index contributed by atoms with van der Waals surface area (Å²) in [6, 6.07) is 6.12. The molecule has 1 aromatic carbocycles. The van der Waals surface area contributed by atoms with Crippen molar-refractivity contribution >= 4 is 11.9 Å². The highest BCUT2D eigenvalue weighted by Crippen LogP contribution is 2.25. The zero-order valence-corrected chi connectivity index (χ0v) is 17.6. The van der Waals surface area contributed by atoms with Crippen molar-refractivity contribution in [3.05, 3.63) is 23.8 Å². The summed E-state index contributed by atoms with van der Waals surface area (Å²) in [6.45, 7) is 1.18. The Bertz CT molecular complexity index is 657. The second kappa shape index (κ2) is 11.4. The molecule has 2 N–H and O–H groups in total. The van der Waals surface area contributed by atoms with Crippen molar-refractivity contribution in [2.45, 2.75) is 51.1 Å². The summed E-state index contributed by atoms with van der Waals surface area (Å²) in [5, 5.41) is 6.41. The summed E-state index contributed by atoms with van der Waals surface area (Å²) in [7, 11) is 6.99. The number of guanidine groups is 1. The molecule has 0 radical (unpaired) electrons. The number of hydrogen-bond donors (Lipinski definition) is 2. The number of benzene rings is 1. The molecular formula is C21H34N4O3. The molecule has 0 atom stereocenters. The Balaban J connectivity index is 1.81. The lowest BCUT2D eigenvalue weighted by atomic mass is 9.95. The SMILES string of the molecule is CN=C(NCCC(=O)NC1CCCCC1)N(C)Cc1ccc(OC)cc1OC. The van der Waals surface area contributed by atoms with Crippen molar-refractivity contribution in [3.8, 4) is 11.5 Å². The molecular weight excluding hydrogens is 356 g/mol. The lowest BCUT2D eigenvalue weighted by molar-refractivity contribution is -0.121. The maximum atomic E-state index is 12.2. The average Bonchev–Trinajstić information content (AvgIpc) is 2.72. The molecule has 0 heterocycles. The van der Waals surface area contributed by atoms with E-state index in [2.05, 4.69) is 15.6 Å². The third kappa shape index (κ3) is 6.62. The van der Waals surface area contributed by atoms with Crippen LogP contribution in [0.3, 0.4) is 0 Å². The molecule has 28 heavy (non-hydrogen) atoms. The van der Waals surface area contributed by atoms with Crippen molar-refractivity contribution in [2.75, 3.05) is 34.9 Å². The number of aliphatic imine (C=N–C) groups is 1. The lowest BCUT2D eigenvalue weighted by Gasteiger charge is -2.24. The summed E-state index contributed by atoms with van der Waals surface area (Å²) < 4.78 is 10.7. The maximum absolute atomic E-state index is 12.2. The van der Waals surface area contributed by atoms with Crippen LogP contribution in [0.2, 0.25) is 0 Å². The first kappa shape index (κ1) is 21.9. The first-order chi connectivity index (χ1) is 13.6. The van der Waals surface area contributed by atoms with Gasteiger partial charge in [-0.25, -0.2) is 0 Å². The summed E-state index contributed by atoms with van der Waals surface area (Å²) in [4.78, 5) is 18.5. The predicted octanol–water partition coefficient (Wildman–Crippen LogP) is 2.55. The highest BCUT2D eigenvalue weighted by atomic mass is 16.5. The third-order valence-corrected chi connectivity index (χ3v) is 5.08. The molecule has 156 valence electrons. The minimum Gasteiger partial charge on any atom is -0.497 e. The number of hydrogen-bond acceptors (Lipinski definition) is 4. The van der Waals surface area contributed by atoms with Gasteiger partial charge < -0.3 is 25.0 Å². The van der Waals surface area contributed by atoms with Gasteiger partial charge >= 0.3 is 0 Å². The van der Waals surface area contributed by atoms with E-state index in [0.29, 0.717) is 25.6 Å². The van der Waals surface area contributed by atoms with Crippen molar-refractivity contribution in [2.24, 2.45) is 4.99 Å². The van der Waals surface area contributed by atoms with Gasteiger partial charge in [0.25, 0.3) is 0 Å². The number of methoxy groups -OCH3 is 2. The molecule has 0 spiro atoms. The Labute approximate surface area is 168 Å². The van der Waals surface area contributed by atoms with Gasteiger partial charge in [0, 0.05) is 51.3 Å². The molecule has 1 aliphatic rings. The normalized spacial score (nSPS) is 15.1. The number of carbonyl (C=O) groups is 1. The highest BCUT2D eigenvalue weighted by molar-refractivity contribution is 5.81. The fourth-order valence-electron chi connectivity index (χ4n) is 3.53. The van der Waals surface area contributed by atoms with E-state index in [1.807, 2.05) is 30.1 Å². The smallest absolute Gasteiger partial charge is 0.221 e. The molecule has 7 heteroatoms. The molecule has 0 unspecified atom stereocenters. The predicted molar refractivity (Wildman–Crippen MR) is 112 cm³/mol. The average molecular weight is 391 g/mol. The van der Waals surface area contributed by atoms with E-state index in [9.17, 15) is 4.79 Å². The first-order valence-corrected chi connectivity index (χ1v) is 9.99. The van der Waals surface area contributed by atoms with Crippen LogP contribution in [0.4, 0.5) is 0 Å². The highest BCUT2D eigenvalue weighted by Gasteiger charge is 2.16. The fourth-order valence-corrected chi connectivity index (χ4v) is 3.53. The van der Waals surface area contributed by atoms with E-state index in [4.69, 9.17) is 9.47 Å². The Hall–Kier alpha value is -2.44. The largest absolute Gasteiger partial charge is 0.497 e. The van der Waals surface area contributed by atoms with Crippen LogP contribution in [0.1, 0.15) is 44.1 Å². The number of rotatable bonds is 8. The van der Waals surface area contributed by atoms with Gasteiger partial charge in [0.2, 0.25) is 5.91 Å².